The lowest BCUT2D eigenvalue weighted by Crippen LogP contribution is -2.06. The van der Waals surface area contributed by atoms with Crippen molar-refractivity contribution >= 4 is 11.0 Å². The van der Waals surface area contributed by atoms with Gasteiger partial charge in [-0.05, 0) is 62.6 Å². The predicted molar refractivity (Wildman–Crippen MR) is 116 cm³/mol. The molecule has 28 heavy (non-hydrogen) atoms. The fourth-order valence-electron chi connectivity index (χ4n) is 3.44. The third-order valence-electron chi connectivity index (χ3n) is 5.24. The topological polar surface area (TPSA) is 27.1 Å². The van der Waals surface area contributed by atoms with Gasteiger partial charge in [-0.15, -0.1) is 0 Å². The van der Waals surface area contributed by atoms with E-state index in [1.165, 1.54) is 22.2 Å². The highest BCUT2D eigenvalue weighted by Crippen LogP contribution is 2.25. The summed E-state index contributed by atoms with van der Waals surface area (Å²) < 4.78 is 8.29. The summed E-state index contributed by atoms with van der Waals surface area (Å²) in [6, 6.07) is 23.2. The molecule has 1 aromatic heterocycles. The van der Waals surface area contributed by atoms with Crippen LogP contribution in [0.1, 0.15) is 23.1 Å². The number of rotatable bonds is 6. The van der Waals surface area contributed by atoms with Crippen molar-refractivity contribution in [2.75, 3.05) is 6.61 Å². The van der Waals surface area contributed by atoms with Gasteiger partial charge >= 0.3 is 0 Å². The van der Waals surface area contributed by atoms with Crippen molar-refractivity contribution in [1.29, 1.82) is 0 Å². The van der Waals surface area contributed by atoms with Gasteiger partial charge < -0.3 is 9.30 Å². The van der Waals surface area contributed by atoms with Crippen molar-refractivity contribution in [3.63, 3.8) is 0 Å². The van der Waals surface area contributed by atoms with Crippen LogP contribution in [-0.2, 0) is 6.54 Å². The van der Waals surface area contributed by atoms with Crippen LogP contribution in [0.2, 0.25) is 0 Å². The zero-order valence-corrected chi connectivity index (χ0v) is 16.8. The molecule has 0 aliphatic rings. The SMILES string of the molecule is Cc1ccc(-c2nc3ccccc3n2CCCOc2ccc(C)c(C)c2)cc1. The Morgan fingerprint density at radius 2 is 1.64 bits per heavy atom. The van der Waals surface area contributed by atoms with Crippen LogP contribution in [0.5, 0.6) is 5.75 Å². The van der Waals surface area contributed by atoms with Crippen LogP contribution in [0, 0.1) is 20.8 Å². The van der Waals surface area contributed by atoms with E-state index in [0.29, 0.717) is 6.61 Å². The summed E-state index contributed by atoms with van der Waals surface area (Å²) in [5, 5.41) is 0. The number of imidazole rings is 1. The molecule has 3 aromatic carbocycles. The molecule has 0 atom stereocenters. The van der Waals surface area contributed by atoms with Crippen LogP contribution in [0.25, 0.3) is 22.4 Å². The zero-order chi connectivity index (χ0) is 19.5. The Kier molecular flexibility index (Phi) is 5.16. The minimum atomic E-state index is 0.683. The first-order chi connectivity index (χ1) is 13.6. The smallest absolute Gasteiger partial charge is 0.141 e. The first-order valence-electron chi connectivity index (χ1n) is 9.84. The minimum Gasteiger partial charge on any atom is -0.494 e. The van der Waals surface area contributed by atoms with Gasteiger partial charge in [0.1, 0.15) is 11.6 Å². The second-order valence-electron chi connectivity index (χ2n) is 7.39. The molecule has 0 aliphatic heterocycles. The van der Waals surface area contributed by atoms with Crippen LogP contribution < -0.4 is 4.74 Å². The van der Waals surface area contributed by atoms with Gasteiger partial charge in [-0.3, -0.25) is 0 Å². The molecule has 0 fully saturated rings. The maximum atomic E-state index is 5.98. The standard InChI is InChI=1S/C25H26N2O/c1-18-9-12-21(13-10-18)25-26-23-7-4-5-8-24(23)27(25)15-6-16-28-22-14-11-19(2)20(3)17-22/h4-5,7-14,17H,6,15-16H2,1-3H3. The summed E-state index contributed by atoms with van der Waals surface area (Å²) in [6.45, 7) is 7.90. The second kappa shape index (κ2) is 7.89. The maximum Gasteiger partial charge on any atom is 0.141 e. The van der Waals surface area contributed by atoms with Gasteiger partial charge in [0, 0.05) is 12.1 Å². The molecule has 0 saturated heterocycles. The number of para-hydroxylation sites is 2. The van der Waals surface area contributed by atoms with E-state index in [2.05, 4.69) is 79.9 Å². The number of fused-ring (bicyclic) bond motifs is 1. The number of aryl methyl sites for hydroxylation is 4. The first kappa shape index (κ1) is 18.3. The fraction of sp³-hybridized carbons (Fsp3) is 0.240. The van der Waals surface area contributed by atoms with Crippen molar-refractivity contribution in [3.05, 3.63) is 83.4 Å². The van der Waals surface area contributed by atoms with Gasteiger partial charge in [0.25, 0.3) is 0 Å². The number of ether oxygens (including phenoxy) is 1. The lowest BCUT2D eigenvalue weighted by molar-refractivity contribution is 0.302. The molecule has 0 N–H and O–H groups in total. The van der Waals surface area contributed by atoms with Gasteiger partial charge in [0.15, 0.2) is 0 Å². The third-order valence-corrected chi connectivity index (χ3v) is 5.24. The molecule has 0 aliphatic carbocycles. The van der Waals surface area contributed by atoms with Crippen molar-refractivity contribution < 1.29 is 4.74 Å². The molecule has 0 radical (unpaired) electrons. The molecular weight excluding hydrogens is 344 g/mol. The largest absolute Gasteiger partial charge is 0.494 e. The summed E-state index contributed by atoms with van der Waals surface area (Å²) in [5.74, 6) is 1.96. The second-order valence-corrected chi connectivity index (χ2v) is 7.39. The van der Waals surface area contributed by atoms with Crippen LogP contribution in [0.4, 0.5) is 0 Å². The number of benzene rings is 3. The molecule has 0 amide bonds. The van der Waals surface area contributed by atoms with E-state index in [-0.39, 0.29) is 0 Å². The van der Waals surface area contributed by atoms with Gasteiger partial charge in [0.2, 0.25) is 0 Å². The highest BCUT2D eigenvalue weighted by Gasteiger charge is 2.12. The lowest BCUT2D eigenvalue weighted by atomic mass is 10.1. The third kappa shape index (κ3) is 3.79. The molecule has 142 valence electrons. The number of hydrogen-bond donors (Lipinski definition) is 0. The van der Waals surface area contributed by atoms with E-state index in [9.17, 15) is 0 Å². The van der Waals surface area contributed by atoms with Gasteiger partial charge in [-0.2, -0.15) is 0 Å². The minimum absolute atomic E-state index is 0.683. The van der Waals surface area contributed by atoms with Crippen LogP contribution in [0.15, 0.2) is 66.7 Å². The Bertz CT molecular complexity index is 1090. The molecule has 0 saturated carbocycles. The summed E-state index contributed by atoms with van der Waals surface area (Å²) in [4.78, 5) is 4.89. The fourth-order valence-corrected chi connectivity index (χ4v) is 3.44. The van der Waals surface area contributed by atoms with Crippen LogP contribution in [-0.4, -0.2) is 16.2 Å². The molecule has 3 nitrogen and oxygen atoms in total. The van der Waals surface area contributed by atoms with Crippen molar-refractivity contribution in [2.24, 2.45) is 0 Å². The number of hydrogen-bond acceptors (Lipinski definition) is 2. The Hall–Kier alpha value is -3.07. The quantitative estimate of drug-likeness (QED) is 0.384. The highest BCUT2D eigenvalue weighted by atomic mass is 16.5. The van der Waals surface area contributed by atoms with Crippen molar-refractivity contribution in [1.82, 2.24) is 9.55 Å². The molecular formula is C25H26N2O. The Morgan fingerprint density at radius 1 is 0.857 bits per heavy atom. The van der Waals surface area contributed by atoms with Gasteiger partial charge in [0.05, 0.1) is 17.6 Å². The van der Waals surface area contributed by atoms with Crippen molar-refractivity contribution in [2.45, 2.75) is 33.7 Å². The van der Waals surface area contributed by atoms with E-state index in [1.54, 1.807) is 0 Å². The normalized spacial score (nSPS) is 11.1. The lowest BCUT2D eigenvalue weighted by Gasteiger charge is -2.11. The van der Waals surface area contributed by atoms with Gasteiger partial charge in [-0.25, -0.2) is 4.98 Å². The summed E-state index contributed by atoms with van der Waals surface area (Å²) in [5.41, 5.74) is 7.17. The monoisotopic (exact) mass is 370 g/mol. The average Bonchev–Trinajstić information content (AvgIpc) is 3.07. The van der Waals surface area contributed by atoms with E-state index < -0.39 is 0 Å². The molecule has 1 heterocycles. The van der Waals surface area contributed by atoms with E-state index in [0.717, 1.165) is 35.6 Å². The summed E-state index contributed by atoms with van der Waals surface area (Å²) >= 11 is 0. The summed E-state index contributed by atoms with van der Waals surface area (Å²) in [6.07, 6.45) is 0.923. The van der Waals surface area contributed by atoms with Gasteiger partial charge in [-0.1, -0.05) is 48.0 Å². The zero-order valence-electron chi connectivity index (χ0n) is 16.8. The average molecular weight is 370 g/mol. The molecule has 3 heteroatoms. The Labute approximate surface area is 166 Å². The molecule has 0 unspecified atom stereocenters. The molecule has 0 spiro atoms. The van der Waals surface area contributed by atoms with E-state index >= 15 is 0 Å². The maximum absolute atomic E-state index is 5.98. The van der Waals surface area contributed by atoms with E-state index in [1.807, 2.05) is 12.1 Å². The van der Waals surface area contributed by atoms with E-state index in [4.69, 9.17) is 9.72 Å². The Balaban J connectivity index is 1.53. The molecule has 4 rings (SSSR count). The van der Waals surface area contributed by atoms with Crippen molar-refractivity contribution in [3.8, 4) is 17.1 Å². The first-order valence-corrected chi connectivity index (χ1v) is 9.84. The van der Waals surface area contributed by atoms with Crippen LogP contribution in [0.3, 0.4) is 0 Å². The predicted octanol–water partition coefficient (Wildman–Crippen LogP) is 6.10. The summed E-state index contributed by atoms with van der Waals surface area (Å²) in [7, 11) is 0. The van der Waals surface area contributed by atoms with Crippen LogP contribution >= 0.6 is 0 Å². The molecule has 4 aromatic rings. The number of nitrogens with zero attached hydrogens (tertiary/aromatic N) is 2. The highest BCUT2D eigenvalue weighted by molar-refractivity contribution is 5.80. The molecule has 0 bridgehead atoms. The Morgan fingerprint density at radius 3 is 2.43 bits per heavy atom. The number of aromatic nitrogens is 2.